The maximum atomic E-state index is 12.6. The first kappa shape index (κ1) is 14.8. The summed E-state index contributed by atoms with van der Waals surface area (Å²) in [7, 11) is -3.38. The van der Waals surface area contributed by atoms with E-state index in [2.05, 4.69) is 0 Å². The van der Waals surface area contributed by atoms with Gasteiger partial charge in [-0.3, -0.25) is 0 Å². The molecule has 21 heavy (non-hydrogen) atoms. The minimum atomic E-state index is -3.38. The van der Waals surface area contributed by atoms with Gasteiger partial charge in [-0.05, 0) is 31.9 Å². The summed E-state index contributed by atoms with van der Waals surface area (Å²) in [5.41, 5.74) is 1.00. The molecule has 114 valence electrons. The van der Waals surface area contributed by atoms with Gasteiger partial charge in [0.1, 0.15) is 0 Å². The molecule has 1 aliphatic carbocycles. The summed E-state index contributed by atoms with van der Waals surface area (Å²) in [5.74, 6) is -0.458. The van der Waals surface area contributed by atoms with E-state index in [-0.39, 0.29) is 0 Å². The van der Waals surface area contributed by atoms with E-state index in [1.165, 1.54) is 0 Å². The predicted octanol–water partition coefficient (Wildman–Crippen LogP) is 3.05. The normalized spacial score (nSPS) is 21.7. The van der Waals surface area contributed by atoms with E-state index >= 15 is 0 Å². The number of allylic oxidation sites excluding steroid dienone is 2. The van der Waals surface area contributed by atoms with E-state index in [0.717, 1.165) is 31.3 Å². The van der Waals surface area contributed by atoms with E-state index in [4.69, 9.17) is 9.47 Å². The van der Waals surface area contributed by atoms with Crippen molar-refractivity contribution in [1.29, 1.82) is 0 Å². The monoisotopic (exact) mass is 308 g/mol. The third-order valence-electron chi connectivity index (χ3n) is 4.38. The summed E-state index contributed by atoms with van der Waals surface area (Å²) >= 11 is 0. The van der Waals surface area contributed by atoms with Crippen molar-refractivity contribution in [2.75, 3.05) is 13.2 Å². The molecule has 5 heteroatoms. The lowest BCUT2D eigenvalue weighted by Crippen LogP contribution is -2.33. The van der Waals surface area contributed by atoms with Crippen LogP contribution in [0.5, 0.6) is 0 Å². The van der Waals surface area contributed by atoms with Crippen molar-refractivity contribution in [3.05, 3.63) is 40.8 Å². The van der Waals surface area contributed by atoms with Crippen molar-refractivity contribution in [2.45, 2.75) is 43.3 Å². The molecule has 1 saturated heterocycles. The predicted molar refractivity (Wildman–Crippen MR) is 79.4 cm³/mol. The summed E-state index contributed by atoms with van der Waals surface area (Å²) in [5, 5.41) is 0. The lowest BCUT2D eigenvalue weighted by Gasteiger charge is -2.33. The van der Waals surface area contributed by atoms with Gasteiger partial charge >= 0.3 is 0 Å². The Balaban J connectivity index is 1.83. The fourth-order valence-corrected chi connectivity index (χ4v) is 4.49. The zero-order valence-electron chi connectivity index (χ0n) is 12.2. The van der Waals surface area contributed by atoms with Crippen molar-refractivity contribution >= 4 is 9.84 Å². The Labute approximate surface area is 125 Å². The van der Waals surface area contributed by atoms with Gasteiger partial charge in [0.15, 0.2) is 5.79 Å². The minimum absolute atomic E-state index is 0.364. The highest BCUT2D eigenvalue weighted by molar-refractivity contribution is 7.95. The zero-order chi connectivity index (χ0) is 14.9. The van der Waals surface area contributed by atoms with Crippen molar-refractivity contribution in [2.24, 2.45) is 0 Å². The average molecular weight is 308 g/mol. The summed E-state index contributed by atoms with van der Waals surface area (Å²) in [6.07, 6.45) is 2.92. The van der Waals surface area contributed by atoms with Crippen LogP contribution in [-0.2, 0) is 19.3 Å². The molecule has 1 aliphatic heterocycles. The van der Waals surface area contributed by atoms with Crippen molar-refractivity contribution in [3.8, 4) is 0 Å². The Morgan fingerprint density at radius 1 is 1.05 bits per heavy atom. The highest BCUT2D eigenvalue weighted by atomic mass is 32.2. The molecule has 2 fully saturated rings. The Hall–Kier alpha value is -1.17. The maximum absolute atomic E-state index is 12.6. The van der Waals surface area contributed by atoms with E-state index in [1.54, 1.807) is 31.2 Å². The van der Waals surface area contributed by atoms with Crippen LogP contribution in [0.25, 0.3) is 0 Å². The van der Waals surface area contributed by atoms with Crippen LogP contribution in [-0.4, -0.2) is 27.4 Å². The molecule has 0 amide bonds. The number of rotatable bonds is 2. The zero-order valence-corrected chi connectivity index (χ0v) is 13.0. The van der Waals surface area contributed by atoms with Gasteiger partial charge in [0.05, 0.1) is 18.1 Å². The van der Waals surface area contributed by atoms with Crippen LogP contribution in [0.4, 0.5) is 0 Å². The molecular formula is C16H20O4S. The van der Waals surface area contributed by atoms with Gasteiger partial charge in [0, 0.05) is 17.7 Å². The number of hydrogen-bond acceptors (Lipinski definition) is 4. The molecule has 1 aromatic carbocycles. The second-order valence-electron chi connectivity index (χ2n) is 5.58. The first-order valence-electron chi connectivity index (χ1n) is 7.30. The topological polar surface area (TPSA) is 52.6 Å². The number of hydrogen-bond donors (Lipinski definition) is 0. The highest BCUT2D eigenvalue weighted by Crippen LogP contribution is 2.40. The molecule has 1 spiro atoms. The number of benzene rings is 1. The van der Waals surface area contributed by atoms with E-state index in [0.29, 0.717) is 23.0 Å². The van der Waals surface area contributed by atoms with Gasteiger partial charge in [-0.25, -0.2) is 8.42 Å². The summed E-state index contributed by atoms with van der Waals surface area (Å²) < 4.78 is 36.6. The number of sulfone groups is 1. The fourth-order valence-electron chi connectivity index (χ4n) is 3.04. The van der Waals surface area contributed by atoms with Gasteiger partial charge in [-0.15, -0.1) is 0 Å². The molecule has 3 rings (SSSR count). The number of ether oxygens (including phenoxy) is 2. The molecule has 0 bridgehead atoms. The van der Waals surface area contributed by atoms with Crippen molar-refractivity contribution in [1.82, 2.24) is 0 Å². The van der Waals surface area contributed by atoms with Crippen molar-refractivity contribution in [3.63, 3.8) is 0 Å². The van der Waals surface area contributed by atoms with Crippen LogP contribution in [0, 0.1) is 0 Å². The lowest BCUT2D eigenvalue weighted by molar-refractivity contribution is -0.171. The second kappa shape index (κ2) is 5.55. The van der Waals surface area contributed by atoms with Crippen LogP contribution in [0.3, 0.4) is 0 Å². The van der Waals surface area contributed by atoms with Gasteiger partial charge < -0.3 is 9.47 Å². The van der Waals surface area contributed by atoms with Gasteiger partial charge in [0.2, 0.25) is 9.84 Å². The molecule has 0 aromatic heterocycles. The Morgan fingerprint density at radius 3 is 2.19 bits per heavy atom. The van der Waals surface area contributed by atoms with Crippen LogP contribution >= 0.6 is 0 Å². The van der Waals surface area contributed by atoms with Crippen LogP contribution in [0.2, 0.25) is 0 Å². The SMILES string of the molecule is CC(=C1CCC2(CC1)OCCO2)S(=O)(=O)c1ccccc1. The standard InChI is InChI=1S/C16H20O4S/c1-13(21(17,18)15-5-3-2-4-6-15)14-7-9-16(10-8-14)19-11-12-20-16/h2-6H,7-12H2,1H3. The lowest BCUT2D eigenvalue weighted by atomic mass is 9.89. The first-order chi connectivity index (χ1) is 10.0. The average Bonchev–Trinajstić information content (AvgIpc) is 2.96. The molecule has 4 nitrogen and oxygen atoms in total. The van der Waals surface area contributed by atoms with E-state index < -0.39 is 15.6 Å². The summed E-state index contributed by atoms with van der Waals surface area (Å²) in [6, 6.07) is 8.61. The molecule has 1 aromatic rings. The van der Waals surface area contributed by atoms with Gasteiger partial charge in [0.25, 0.3) is 0 Å². The smallest absolute Gasteiger partial charge is 0.202 e. The third kappa shape index (κ3) is 2.78. The Morgan fingerprint density at radius 2 is 1.62 bits per heavy atom. The maximum Gasteiger partial charge on any atom is 0.202 e. The van der Waals surface area contributed by atoms with Gasteiger partial charge in [-0.1, -0.05) is 23.8 Å². The van der Waals surface area contributed by atoms with Crippen LogP contribution in [0.1, 0.15) is 32.6 Å². The van der Waals surface area contributed by atoms with Gasteiger partial charge in [-0.2, -0.15) is 0 Å². The Bertz CT molecular complexity index is 628. The highest BCUT2D eigenvalue weighted by Gasteiger charge is 2.39. The molecule has 0 N–H and O–H groups in total. The Kier molecular flexibility index (Phi) is 3.90. The molecule has 2 aliphatic rings. The summed E-state index contributed by atoms with van der Waals surface area (Å²) in [6.45, 7) is 2.99. The molecule has 1 saturated carbocycles. The molecule has 0 atom stereocenters. The van der Waals surface area contributed by atoms with E-state index in [9.17, 15) is 8.42 Å². The van der Waals surface area contributed by atoms with Crippen LogP contribution < -0.4 is 0 Å². The minimum Gasteiger partial charge on any atom is -0.348 e. The first-order valence-corrected chi connectivity index (χ1v) is 8.79. The second-order valence-corrected chi connectivity index (χ2v) is 7.67. The molecular weight excluding hydrogens is 288 g/mol. The van der Waals surface area contributed by atoms with E-state index in [1.807, 2.05) is 6.07 Å². The summed E-state index contributed by atoms with van der Waals surface area (Å²) in [4.78, 5) is 0.852. The van der Waals surface area contributed by atoms with Crippen LogP contribution in [0.15, 0.2) is 45.7 Å². The van der Waals surface area contributed by atoms with Crippen molar-refractivity contribution < 1.29 is 17.9 Å². The quantitative estimate of drug-likeness (QED) is 0.842. The largest absolute Gasteiger partial charge is 0.348 e. The third-order valence-corrected chi connectivity index (χ3v) is 6.37. The molecule has 1 heterocycles. The molecule has 0 radical (unpaired) electrons. The molecule has 0 unspecified atom stereocenters. The fraction of sp³-hybridized carbons (Fsp3) is 0.500.